The molecule has 8 heteroatoms. The Balaban J connectivity index is 2.29. The van der Waals surface area contributed by atoms with Crippen LogP contribution in [-0.2, 0) is 16.7 Å². The minimum absolute atomic E-state index is 0.0127. The summed E-state index contributed by atoms with van der Waals surface area (Å²) in [4.78, 5) is 15.0. The first kappa shape index (κ1) is 22.5. The number of methoxy groups -OCH3 is 2. The summed E-state index contributed by atoms with van der Waals surface area (Å²) in [5, 5.41) is 0. The highest BCUT2D eigenvalue weighted by atomic mass is 32.2. The number of hydrogen-bond donors (Lipinski definition) is 0. The van der Waals surface area contributed by atoms with Crippen LogP contribution in [0, 0.1) is 0 Å². The minimum Gasteiger partial charge on any atom is -0.497 e. The number of benzene rings is 2. The molecule has 7 nitrogen and oxygen atoms in total. The topological polar surface area (TPSA) is 82.1 Å². The zero-order valence-corrected chi connectivity index (χ0v) is 18.2. The van der Waals surface area contributed by atoms with Gasteiger partial charge in [0.05, 0.1) is 26.0 Å². The van der Waals surface area contributed by atoms with Crippen molar-refractivity contribution < 1.29 is 26.9 Å². The number of amides is 1. The Hall–Kier alpha value is -2.74. The fourth-order valence-electron chi connectivity index (χ4n) is 2.80. The second kappa shape index (κ2) is 9.65. The van der Waals surface area contributed by atoms with Crippen molar-refractivity contribution in [1.29, 1.82) is 0 Å². The van der Waals surface area contributed by atoms with Gasteiger partial charge in [-0.3, -0.25) is 4.79 Å². The molecular weight excluding hydrogens is 394 g/mol. The summed E-state index contributed by atoms with van der Waals surface area (Å²) in [7, 11) is -0.514. The first-order chi connectivity index (χ1) is 13.7. The van der Waals surface area contributed by atoms with Crippen LogP contribution < -0.4 is 13.7 Å². The van der Waals surface area contributed by atoms with E-state index in [2.05, 4.69) is 0 Å². The van der Waals surface area contributed by atoms with E-state index >= 15 is 0 Å². The first-order valence-corrected chi connectivity index (χ1v) is 11.0. The molecule has 0 heterocycles. The van der Waals surface area contributed by atoms with Crippen molar-refractivity contribution in [3.05, 3.63) is 53.6 Å². The molecule has 29 heavy (non-hydrogen) atoms. The lowest BCUT2D eigenvalue weighted by atomic mass is 10.1. The number of hydrogen-bond acceptors (Lipinski definition) is 6. The molecular formula is C21H27NO6S. The first-order valence-electron chi connectivity index (χ1n) is 9.19. The number of carbonyl (C=O) groups is 1. The predicted octanol–water partition coefficient (Wildman–Crippen LogP) is 3.48. The van der Waals surface area contributed by atoms with Gasteiger partial charge in [0.15, 0.2) is 0 Å². The molecule has 0 saturated carbocycles. The molecule has 0 saturated heterocycles. The highest BCUT2D eigenvalue weighted by molar-refractivity contribution is 7.86. The fraction of sp³-hybridized carbons (Fsp3) is 0.381. The Labute approximate surface area is 172 Å². The van der Waals surface area contributed by atoms with E-state index < -0.39 is 10.1 Å². The van der Waals surface area contributed by atoms with Crippen LogP contribution in [-0.4, -0.2) is 45.7 Å². The van der Waals surface area contributed by atoms with Gasteiger partial charge in [0.1, 0.15) is 17.2 Å². The lowest BCUT2D eigenvalue weighted by Crippen LogP contribution is -2.38. The van der Waals surface area contributed by atoms with E-state index in [1.54, 1.807) is 54.5 Å². The molecule has 2 aromatic carbocycles. The van der Waals surface area contributed by atoms with Crippen LogP contribution in [0.25, 0.3) is 0 Å². The Morgan fingerprint density at radius 1 is 1.03 bits per heavy atom. The average Bonchev–Trinajstić information content (AvgIpc) is 2.70. The van der Waals surface area contributed by atoms with Crippen molar-refractivity contribution in [1.82, 2.24) is 4.90 Å². The summed E-state index contributed by atoms with van der Waals surface area (Å²) in [6.45, 7) is 4.36. The molecule has 0 aliphatic rings. The van der Waals surface area contributed by atoms with Crippen LogP contribution in [0.4, 0.5) is 0 Å². The van der Waals surface area contributed by atoms with Crippen LogP contribution >= 0.6 is 0 Å². The Morgan fingerprint density at radius 3 is 2.17 bits per heavy atom. The molecule has 0 bridgehead atoms. The molecule has 0 unspecified atom stereocenters. The molecule has 0 aliphatic carbocycles. The van der Waals surface area contributed by atoms with E-state index in [4.69, 9.17) is 13.7 Å². The van der Waals surface area contributed by atoms with Gasteiger partial charge < -0.3 is 18.6 Å². The van der Waals surface area contributed by atoms with Crippen LogP contribution in [0.15, 0.2) is 42.5 Å². The van der Waals surface area contributed by atoms with Gasteiger partial charge in [-0.2, -0.15) is 8.42 Å². The van der Waals surface area contributed by atoms with Crippen molar-refractivity contribution in [2.24, 2.45) is 0 Å². The molecule has 0 fully saturated rings. The summed E-state index contributed by atoms with van der Waals surface area (Å²) in [5.74, 6) is 1.12. The van der Waals surface area contributed by atoms with E-state index in [1.165, 1.54) is 7.11 Å². The third-order valence-corrected chi connectivity index (χ3v) is 5.04. The third kappa shape index (κ3) is 6.12. The Kier molecular flexibility index (Phi) is 7.50. The van der Waals surface area contributed by atoms with E-state index in [0.29, 0.717) is 23.6 Å². The zero-order valence-electron chi connectivity index (χ0n) is 17.3. The van der Waals surface area contributed by atoms with E-state index in [0.717, 1.165) is 18.2 Å². The molecule has 2 rings (SSSR count). The van der Waals surface area contributed by atoms with E-state index in [9.17, 15) is 13.2 Å². The van der Waals surface area contributed by atoms with Crippen LogP contribution in [0.3, 0.4) is 0 Å². The summed E-state index contributed by atoms with van der Waals surface area (Å²) in [6.07, 6.45) is 1.77. The summed E-state index contributed by atoms with van der Waals surface area (Å²) < 4.78 is 37.9. The second-order valence-electron chi connectivity index (χ2n) is 6.69. The second-order valence-corrected chi connectivity index (χ2v) is 8.26. The Morgan fingerprint density at radius 2 is 1.66 bits per heavy atom. The number of ether oxygens (including phenoxy) is 2. The quantitative estimate of drug-likeness (QED) is 0.577. The maximum atomic E-state index is 13.3. The number of nitrogens with zero attached hydrogens (tertiary/aromatic N) is 1. The van der Waals surface area contributed by atoms with Gasteiger partial charge in [-0.15, -0.1) is 0 Å². The highest BCUT2D eigenvalue weighted by Gasteiger charge is 2.24. The van der Waals surface area contributed by atoms with Crippen LogP contribution in [0.5, 0.6) is 17.2 Å². The average molecular weight is 422 g/mol. The SMILES string of the molecule is CC[C@@H](C)N(Cc1ccc(OS(C)(=O)=O)cc1)C(=O)c1ccc(OC)cc1OC. The smallest absolute Gasteiger partial charge is 0.306 e. The maximum absolute atomic E-state index is 13.3. The lowest BCUT2D eigenvalue weighted by molar-refractivity contribution is 0.0668. The van der Waals surface area contributed by atoms with Crippen molar-refractivity contribution in [3.63, 3.8) is 0 Å². The van der Waals surface area contributed by atoms with Gasteiger partial charge in [-0.05, 0) is 43.2 Å². The van der Waals surface area contributed by atoms with E-state index in [-0.39, 0.29) is 17.7 Å². The van der Waals surface area contributed by atoms with Crippen LogP contribution in [0.2, 0.25) is 0 Å². The van der Waals surface area contributed by atoms with Crippen molar-refractivity contribution in [2.75, 3.05) is 20.5 Å². The largest absolute Gasteiger partial charge is 0.497 e. The van der Waals surface area contributed by atoms with Gasteiger partial charge in [-0.1, -0.05) is 19.1 Å². The molecule has 2 aromatic rings. The van der Waals surface area contributed by atoms with Crippen molar-refractivity contribution >= 4 is 16.0 Å². The summed E-state index contributed by atoms with van der Waals surface area (Å²) >= 11 is 0. The van der Waals surface area contributed by atoms with Gasteiger partial charge in [0, 0.05) is 18.7 Å². The molecule has 0 radical (unpaired) electrons. The summed E-state index contributed by atoms with van der Waals surface area (Å²) in [6, 6.07) is 11.7. The van der Waals surface area contributed by atoms with Crippen molar-refractivity contribution in [2.45, 2.75) is 32.9 Å². The number of rotatable bonds is 9. The Bertz CT molecular complexity index is 940. The monoisotopic (exact) mass is 421 g/mol. The molecule has 158 valence electrons. The molecule has 0 aliphatic heterocycles. The van der Waals surface area contributed by atoms with E-state index in [1.807, 2.05) is 13.8 Å². The standard InChI is InChI=1S/C21H27NO6S/c1-6-15(2)22(14-16-7-9-17(10-8-16)28-29(5,24)25)21(23)19-12-11-18(26-3)13-20(19)27-4/h7-13,15H,6,14H2,1-5H3/t15-/m1/s1. The van der Waals surface area contributed by atoms with Gasteiger partial charge in [0.25, 0.3) is 5.91 Å². The van der Waals surface area contributed by atoms with Gasteiger partial charge in [-0.25, -0.2) is 0 Å². The third-order valence-electron chi connectivity index (χ3n) is 4.55. The van der Waals surface area contributed by atoms with Crippen LogP contribution in [0.1, 0.15) is 36.2 Å². The molecule has 0 N–H and O–H groups in total. The lowest BCUT2D eigenvalue weighted by Gasteiger charge is -2.29. The molecule has 1 atom stereocenters. The summed E-state index contributed by atoms with van der Waals surface area (Å²) in [5.41, 5.74) is 1.30. The number of carbonyl (C=O) groups excluding carboxylic acids is 1. The normalized spacial score (nSPS) is 12.2. The van der Waals surface area contributed by atoms with Gasteiger partial charge in [0.2, 0.25) is 0 Å². The molecule has 0 aromatic heterocycles. The molecule has 1 amide bonds. The minimum atomic E-state index is -3.58. The molecule has 0 spiro atoms. The predicted molar refractivity (Wildman–Crippen MR) is 111 cm³/mol. The maximum Gasteiger partial charge on any atom is 0.306 e. The van der Waals surface area contributed by atoms with Crippen molar-refractivity contribution in [3.8, 4) is 17.2 Å². The highest BCUT2D eigenvalue weighted by Crippen LogP contribution is 2.27. The fourth-order valence-corrected chi connectivity index (χ4v) is 3.26. The van der Waals surface area contributed by atoms with Gasteiger partial charge >= 0.3 is 10.1 Å². The zero-order chi connectivity index (χ0) is 21.6.